The Kier molecular flexibility index (Phi) is 7.12. The minimum atomic E-state index is -0.764. The third kappa shape index (κ3) is 5.20. The summed E-state index contributed by atoms with van der Waals surface area (Å²) in [5, 5.41) is 0.364. The van der Waals surface area contributed by atoms with Gasteiger partial charge in [0.1, 0.15) is 23.3 Å². The van der Waals surface area contributed by atoms with Gasteiger partial charge >= 0.3 is 5.97 Å². The van der Waals surface area contributed by atoms with E-state index in [-0.39, 0.29) is 11.2 Å². The van der Waals surface area contributed by atoms with Crippen molar-refractivity contribution in [1.29, 1.82) is 0 Å². The van der Waals surface area contributed by atoms with E-state index in [1.807, 2.05) is 31.2 Å². The lowest BCUT2D eigenvalue weighted by atomic mass is 10.2. The highest BCUT2D eigenvalue weighted by Crippen LogP contribution is 2.25. The van der Waals surface area contributed by atoms with Crippen molar-refractivity contribution in [2.75, 3.05) is 6.61 Å². The zero-order chi connectivity index (χ0) is 21.5. The van der Waals surface area contributed by atoms with Gasteiger partial charge in [0, 0.05) is 6.07 Å². The Hall–Kier alpha value is -3.28. The van der Waals surface area contributed by atoms with E-state index in [4.69, 9.17) is 18.6 Å². The summed E-state index contributed by atoms with van der Waals surface area (Å²) in [4.78, 5) is 24.7. The topological polar surface area (TPSA) is 75.0 Å². The predicted octanol–water partition coefficient (Wildman–Crippen LogP) is 5.26. The molecule has 0 spiro atoms. The van der Waals surface area contributed by atoms with Gasteiger partial charge in [0.25, 0.3) is 0 Å². The summed E-state index contributed by atoms with van der Waals surface area (Å²) in [6, 6.07) is 12.3. The highest BCUT2D eigenvalue weighted by molar-refractivity contribution is 5.79. The molecule has 0 saturated carbocycles. The molecule has 0 aliphatic heterocycles. The van der Waals surface area contributed by atoms with Gasteiger partial charge in [-0.3, -0.25) is 4.79 Å². The lowest BCUT2D eigenvalue weighted by Gasteiger charge is -2.14. The maximum atomic E-state index is 12.7. The lowest BCUT2D eigenvalue weighted by molar-refractivity contribution is -0.151. The Bertz CT molecular complexity index is 1050. The number of fused-ring (bicyclic) bond motifs is 1. The Morgan fingerprint density at radius 3 is 2.50 bits per heavy atom. The van der Waals surface area contributed by atoms with Gasteiger partial charge in [-0.1, -0.05) is 32.4 Å². The maximum absolute atomic E-state index is 12.7. The van der Waals surface area contributed by atoms with Crippen LogP contribution in [0, 0.1) is 0 Å². The summed E-state index contributed by atoms with van der Waals surface area (Å²) in [5.74, 6) is 0.653. The van der Waals surface area contributed by atoms with Crippen molar-refractivity contribution >= 4 is 16.9 Å². The minimum Gasteiger partial charge on any atom is -0.479 e. The molecule has 0 aliphatic carbocycles. The van der Waals surface area contributed by atoms with Crippen molar-refractivity contribution in [3.63, 3.8) is 0 Å². The van der Waals surface area contributed by atoms with Crippen LogP contribution in [0.3, 0.4) is 0 Å². The fourth-order valence-corrected chi connectivity index (χ4v) is 2.84. The first kappa shape index (κ1) is 21.4. The number of ether oxygens (including phenoxy) is 3. The van der Waals surface area contributed by atoms with Crippen molar-refractivity contribution in [3.05, 3.63) is 64.5 Å². The molecule has 2 aromatic carbocycles. The van der Waals surface area contributed by atoms with E-state index in [0.29, 0.717) is 29.1 Å². The second kappa shape index (κ2) is 9.96. The summed E-state index contributed by atoms with van der Waals surface area (Å²) in [6.45, 7) is 6.09. The molecule has 0 saturated heterocycles. The first-order valence-electron chi connectivity index (χ1n) is 10.2. The predicted molar refractivity (Wildman–Crippen MR) is 114 cm³/mol. The monoisotopic (exact) mass is 410 g/mol. The zero-order valence-corrected chi connectivity index (χ0v) is 17.5. The molecule has 1 atom stereocenters. The molecule has 0 bridgehead atoms. The van der Waals surface area contributed by atoms with E-state index < -0.39 is 12.1 Å². The molecule has 3 aromatic rings. The molecular weight excluding hydrogens is 384 g/mol. The maximum Gasteiger partial charge on any atom is 0.347 e. The molecule has 0 fully saturated rings. The molecular formula is C24H26O6. The molecule has 1 aromatic heterocycles. The SMILES string of the molecule is CCCCOC(=O)[C@@H](C)Oc1ccc2c(=O)c(Oc3ccc(CC)cc3)coc2c1. The fraction of sp³-hybridized carbons (Fsp3) is 0.333. The number of benzene rings is 2. The van der Waals surface area contributed by atoms with Gasteiger partial charge in [0.05, 0.1) is 12.0 Å². The van der Waals surface area contributed by atoms with Crippen LogP contribution < -0.4 is 14.9 Å². The largest absolute Gasteiger partial charge is 0.479 e. The van der Waals surface area contributed by atoms with Crippen LogP contribution in [0.25, 0.3) is 11.0 Å². The summed E-state index contributed by atoms with van der Waals surface area (Å²) in [5.41, 5.74) is 1.25. The summed E-state index contributed by atoms with van der Waals surface area (Å²) >= 11 is 0. The van der Waals surface area contributed by atoms with Crippen LogP contribution in [0.1, 0.15) is 39.2 Å². The number of rotatable bonds is 9. The van der Waals surface area contributed by atoms with Crippen LogP contribution in [0.4, 0.5) is 0 Å². The van der Waals surface area contributed by atoms with Gasteiger partial charge in [0.15, 0.2) is 6.10 Å². The first-order valence-corrected chi connectivity index (χ1v) is 10.2. The second-order valence-corrected chi connectivity index (χ2v) is 6.97. The van der Waals surface area contributed by atoms with E-state index in [1.165, 1.54) is 11.8 Å². The zero-order valence-electron chi connectivity index (χ0n) is 17.5. The summed E-state index contributed by atoms with van der Waals surface area (Å²) < 4.78 is 22.1. The van der Waals surface area contributed by atoms with Crippen LogP contribution in [0.5, 0.6) is 17.2 Å². The highest BCUT2D eigenvalue weighted by Gasteiger charge is 2.17. The lowest BCUT2D eigenvalue weighted by Crippen LogP contribution is -2.26. The number of carbonyl (C=O) groups is 1. The van der Waals surface area contributed by atoms with E-state index in [1.54, 1.807) is 25.1 Å². The van der Waals surface area contributed by atoms with Crippen molar-refractivity contribution in [2.24, 2.45) is 0 Å². The Morgan fingerprint density at radius 2 is 1.80 bits per heavy atom. The molecule has 1 heterocycles. The standard InChI is InChI=1S/C24H26O6/c1-4-6-13-27-24(26)16(3)29-19-11-12-20-21(14-19)28-15-22(23(20)25)30-18-9-7-17(5-2)8-10-18/h7-12,14-16H,4-6,13H2,1-3H3/t16-/m1/s1. The quantitative estimate of drug-likeness (QED) is 0.354. The number of hydrogen-bond acceptors (Lipinski definition) is 6. The molecule has 3 rings (SSSR count). The van der Waals surface area contributed by atoms with E-state index >= 15 is 0 Å². The van der Waals surface area contributed by atoms with Gasteiger partial charge in [0.2, 0.25) is 11.2 Å². The molecule has 0 amide bonds. The summed E-state index contributed by atoms with van der Waals surface area (Å²) in [7, 11) is 0. The smallest absolute Gasteiger partial charge is 0.347 e. The molecule has 30 heavy (non-hydrogen) atoms. The average Bonchev–Trinajstić information content (AvgIpc) is 2.76. The number of carbonyl (C=O) groups excluding carboxylic acids is 1. The first-order chi connectivity index (χ1) is 14.5. The Morgan fingerprint density at radius 1 is 1.07 bits per heavy atom. The van der Waals surface area contributed by atoms with Crippen LogP contribution >= 0.6 is 0 Å². The van der Waals surface area contributed by atoms with Gasteiger partial charge in [-0.15, -0.1) is 0 Å². The molecule has 6 heteroatoms. The second-order valence-electron chi connectivity index (χ2n) is 6.97. The van der Waals surface area contributed by atoms with Crippen molar-refractivity contribution in [1.82, 2.24) is 0 Å². The van der Waals surface area contributed by atoms with E-state index in [9.17, 15) is 9.59 Å². The van der Waals surface area contributed by atoms with Crippen molar-refractivity contribution in [2.45, 2.75) is 46.1 Å². The van der Waals surface area contributed by atoms with Gasteiger partial charge in [-0.2, -0.15) is 0 Å². The number of aryl methyl sites for hydroxylation is 1. The normalized spacial score (nSPS) is 11.8. The number of esters is 1. The number of hydrogen-bond donors (Lipinski definition) is 0. The van der Waals surface area contributed by atoms with Crippen LogP contribution in [-0.2, 0) is 16.0 Å². The number of unbranched alkanes of at least 4 members (excludes halogenated alkanes) is 1. The fourth-order valence-electron chi connectivity index (χ4n) is 2.84. The van der Waals surface area contributed by atoms with Gasteiger partial charge < -0.3 is 18.6 Å². The van der Waals surface area contributed by atoms with Crippen molar-refractivity contribution < 1.29 is 23.4 Å². The van der Waals surface area contributed by atoms with E-state index in [2.05, 4.69) is 6.92 Å². The molecule has 0 unspecified atom stereocenters. The van der Waals surface area contributed by atoms with Crippen LogP contribution in [0.2, 0.25) is 0 Å². The molecule has 6 nitrogen and oxygen atoms in total. The third-order valence-corrected chi connectivity index (χ3v) is 4.66. The highest BCUT2D eigenvalue weighted by atomic mass is 16.6. The minimum absolute atomic E-state index is 0.105. The Labute approximate surface area is 175 Å². The van der Waals surface area contributed by atoms with E-state index in [0.717, 1.165) is 19.3 Å². The van der Waals surface area contributed by atoms with Gasteiger partial charge in [-0.25, -0.2) is 4.79 Å². The molecule has 0 aliphatic rings. The van der Waals surface area contributed by atoms with Crippen LogP contribution in [0.15, 0.2) is 57.9 Å². The third-order valence-electron chi connectivity index (χ3n) is 4.66. The Balaban J connectivity index is 1.73. The molecule has 158 valence electrons. The van der Waals surface area contributed by atoms with Crippen LogP contribution in [-0.4, -0.2) is 18.7 Å². The van der Waals surface area contributed by atoms with Gasteiger partial charge in [-0.05, 0) is 49.6 Å². The molecule has 0 radical (unpaired) electrons. The summed E-state index contributed by atoms with van der Waals surface area (Å²) in [6.07, 6.45) is 3.21. The van der Waals surface area contributed by atoms with Crippen molar-refractivity contribution in [3.8, 4) is 17.2 Å². The average molecular weight is 410 g/mol. The molecule has 0 N–H and O–H groups in total.